The highest BCUT2D eigenvalue weighted by atomic mass is 15.2. The molecule has 68 valence electrons. The fraction of sp³-hybridized carbons (Fsp3) is 0.900. The van der Waals surface area contributed by atoms with Crippen LogP contribution in [0.4, 0.5) is 0 Å². The lowest BCUT2D eigenvalue weighted by Crippen LogP contribution is -2.50. The zero-order valence-electron chi connectivity index (χ0n) is 7.84. The van der Waals surface area contributed by atoms with Crippen LogP contribution in [0.25, 0.3) is 0 Å². The van der Waals surface area contributed by atoms with Crippen molar-refractivity contribution in [1.29, 1.82) is 5.41 Å². The number of amidine groups is 1. The smallest absolute Gasteiger partial charge is 0.0957 e. The van der Waals surface area contributed by atoms with Gasteiger partial charge in [-0.05, 0) is 31.6 Å². The van der Waals surface area contributed by atoms with E-state index in [0.29, 0.717) is 0 Å². The van der Waals surface area contributed by atoms with Crippen molar-refractivity contribution >= 4 is 5.84 Å². The Bertz CT molecular complexity index is 180. The van der Waals surface area contributed by atoms with E-state index in [0.717, 1.165) is 24.2 Å². The first-order valence-corrected chi connectivity index (χ1v) is 5.15. The molecule has 0 amide bonds. The van der Waals surface area contributed by atoms with Gasteiger partial charge in [-0.2, -0.15) is 0 Å². The molecule has 2 nitrogen and oxygen atoms in total. The molecule has 0 atom stereocenters. The summed E-state index contributed by atoms with van der Waals surface area (Å²) in [5.74, 6) is 1.77. The Morgan fingerprint density at radius 1 is 1.33 bits per heavy atom. The van der Waals surface area contributed by atoms with Crippen molar-refractivity contribution in [3.63, 3.8) is 0 Å². The highest BCUT2D eigenvalue weighted by molar-refractivity contribution is 5.79. The van der Waals surface area contributed by atoms with Crippen LogP contribution in [0.3, 0.4) is 0 Å². The van der Waals surface area contributed by atoms with Gasteiger partial charge in [0, 0.05) is 19.0 Å². The summed E-state index contributed by atoms with van der Waals surface area (Å²) in [4.78, 5) is 2.34. The fourth-order valence-electron chi connectivity index (χ4n) is 2.60. The molecule has 2 heterocycles. The van der Waals surface area contributed by atoms with Gasteiger partial charge in [-0.25, -0.2) is 0 Å². The first-order valence-electron chi connectivity index (χ1n) is 5.15. The molecule has 2 heteroatoms. The van der Waals surface area contributed by atoms with E-state index in [-0.39, 0.29) is 0 Å². The van der Waals surface area contributed by atoms with Gasteiger partial charge in [-0.15, -0.1) is 0 Å². The van der Waals surface area contributed by atoms with Crippen LogP contribution in [0.2, 0.25) is 0 Å². The Morgan fingerprint density at radius 2 is 2.00 bits per heavy atom. The number of nitrogens with zero attached hydrogens (tertiary/aromatic N) is 1. The molecule has 0 aromatic heterocycles. The van der Waals surface area contributed by atoms with Crippen molar-refractivity contribution in [2.45, 2.75) is 45.1 Å². The third-order valence-electron chi connectivity index (χ3n) is 3.39. The number of piperidine rings is 2. The van der Waals surface area contributed by atoms with E-state index in [1.165, 1.54) is 32.2 Å². The summed E-state index contributed by atoms with van der Waals surface area (Å²) in [7, 11) is 0. The Kier molecular flexibility index (Phi) is 2.07. The minimum atomic E-state index is 0.724. The second-order valence-electron chi connectivity index (χ2n) is 4.13. The fourth-order valence-corrected chi connectivity index (χ4v) is 2.60. The van der Waals surface area contributed by atoms with E-state index in [1.807, 2.05) is 0 Å². The van der Waals surface area contributed by atoms with Crippen molar-refractivity contribution in [2.24, 2.45) is 5.92 Å². The Morgan fingerprint density at radius 3 is 2.42 bits per heavy atom. The second-order valence-corrected chi connectivity index (χ2v) is 4.13. The van der Waals surface area contributed by atoms with Gasteiger partial charge in [-0.3, -0.25) is 5.41 Å². The number of fused-ring (bicyclic) bond motifs is 3. The molecular formula is C10H18N2. The van der Waals surface area contributed by atoms with Crippen LogP contribution in [0.1, 0.15) is 39.0 Å². The van der Waals surface area contributed by atoms with Crippen LogP contribution in [-0.4, -0.2) is 23.3 Å². The third kappa shape index (κ3) is 1.23. The van der Waals surface area contributed by atoms with E-state index < -0.39 is 0 Å². The van der Waals surface area contributed by atoms with Gasteiger partial charge in [0.1, 0.15) is 0 Å². The number of hydrogen-bond acceptors (Lipinski definition) is 1. The van der Waals surface area contributed by atoms with Crippen molar-refractivity contribution in [3.8, 4) is 0 Å². The molecule has 3 rings (SSSR count). The largest absolute Gasteiger partial charge is 0.357 e. The van der Waals surface area contributed by atoms with Crippen LogP contribution in [-0.2, 0) is 0 Å². The SMILES string of the molecule is CCC(=N)N1CC2CCC1CC2. The quantitative estimate of drug-likeness (QED) is 0.469. The summed E-state index contributed by atoms with van der Waals surface area (Å²) in [5.41, 5.74) is 0. The van der Waals surface area contributed by atoms with Crippen molar-refractivity contribution in [2.75, 3.05) is 6.54 Å². The third-order valence-corrected chi connectivity index (χ3v) is 3.39. The maximum atomic E-state index is 7.81. The van der Waals surface area contributed by atoms with Crippen molar-refractivity contribution in [1.82, 2.24) is 4.90 Å². The van der Waals surface area contributed by atoms with E-state index in [9.17, 15) is 0 Å². The van der Waals surface area contributed by atoms with Crippen molar-refractivity contribution < 1.29 is 0 Å². The maximum absolute atomic E-state index is 7.81. The van der Waals surface area contributed by atoms with Crippen LogP contribution in [0.5, 0.6) is 0 Å². The number of nitrogens with one attached hydrogen (secondary N) is 1. The van der Waals surface area contributed by atoms with E-state index in [4.69, 9.17) is 5.41 Å². The monoisotopic (exact) mass is 166 g/mol. The lowest BCUT2D eigenvalue weighted by atomic mass is 9.80. The molecule has 3 fully saturated rings. The van der Waals surface area contributed by atoms with Gasteiger partial charge >= 0.3 is 0 Å². The average Bonchev–Trinajstić information content (AvgIpc) is 2.18. The molecular weight excluding hydrogens is 148 g/mol. The summed E-state index contributed by atoms with van der Waals surface area (Å²) >= 11 is 0. The highest BCUT2D eigenvalue weighted by Crippen LogP contribution is 2.34. The maximum Gasteiger partial charge on any atom is 0.0957 e. The summed E-state index contributed by atoms with van der Waals surface area (Å²) < 4.78 is 0. The van der Waals surface area contributed by atoms with Crippen LogP contribution < -0.4 is 0 Å². The van der Waals surface area contributed by atoms with Gasteiger partial charge in [0.2, 0.25) is 0 Å². The molecule has 0 aromatic rings. The molecule has 12 heavy (non-hydrogen) atoms. The average molecular weight is 166 g/mol. The Hall–Kier alpha value is -0.530. The molecule has 2 aliphatic heterocycles. The van der Waals surface area contributed by atoms with E-state index >= 15 is 0 Å². The molecule has 2 bridgehead atoms. The topological polar surface area (TPSA) is 27.1 Å². The normalized spacial score (nSPS) is 33.9. The zero-order valence-corrected chi connectivity index (χ0v) is 7.84. The second kappa shape index (κ2) is 3.08. The summed E-state index contributed by atoms with van der Waals surface area (Å²) in [6, 6.07) is 0.724. The van der Waals surface area contributed by atoms with Gasteiger partial charge in [0.25, 0.3) is 0 Å². The predicted octanol–water partition coefficient (Wildman–Crippen LogP) is 2.25. The summed E-state index contributed by atoms with van der Waals surface area (Å²) in [6.07, 6.45) is 6.42. The lowest BCUT2D eigenvalue weighted by molar-refractivity contribution is 0.107. The molecule has 0 radical (unpaired) electrons. The summed E-state index contributed by atoms with van der Waals surface area (Å²) in [6.45, 7) is 3.27. The van der Waals surface area contributed by atoms with Crippen LogP contribution in [0, 0.1) is 11.3 Å². The van der Waals surface area contributed by atoms with Gasteiger partial charge < -0.3 is 4.90 Å². The molecule has 1 aliphatic carbocycles. The number of hydrogen-bond donors (Lipinski definition) is 1. The molecule has 0 aromatic carbocycles. The molecule has 0 spiro atoms. The first-order chi connectivity index (χ1) is 5.81. The van der Waals surface area contributed by atoms with E-state index in [2.05, 4.69) is 11.8 Å². The van der Waals surface area contributed by atoms with Gasteiger partial charge in [0.05, 0.1) is 5.84 Å². The zero-order chi connectivity index (χ0) is 8.55. The molecule has 1 N–H and O–H groups in total. The number of rotatable bonds is 1. The van der Waals surface area contributed by atoms with Gasteiger partial charge in [-0.1, -0.05) is 6.92 Å². The lowest BCUT2D eigenvalue weighted by Gasteiger charge is -2.46. The van der Waals surface area contributed by atoms with Crippen molar-refractivity contribution in [3.05, 3.63) is 0 Å². The highest BCUT2D eigenvalue weighted by Gasteiger charge is 2.34. The minimum absolute atomic E-state index is 0.724. The van der Waals surface area contributed by atoms with E-state index in [1.54, 1.807) is 0 Å². The van der Waals surface area contributed by atoms with Gasteiger partial charge in [0.15, 0.2) is 0 Å². The predicted molar refractivity (Wildman–Crippen MR) is 50.5 cm³/mol. The minimum Gasteiger partial charge on any atom is -0.357 e. The standard InChI is InChI=1S/C10H18N2/c1-2-10(11)12-7-8-3-5-9(12)6-4-8/h8-9,11H,2-7H2,1H3. The molecule has 2 saturated heterocycles. The molecule has 0 unspecified atom stereocenters. The summed E-state index contributed by atoms with van der Waals surface area (Å²) in [5, 5.41) is 7.81. The van der Waals surface area contributed by atoms with Crippen LogP contribution >= 0.6 is 0 Å². The Balaban J connectivity index is 2.03. The Labute approximate surface area is 74.5 Å². The molecule has 3 aliphatic rings. The molecule has 1 saturated carbocycles. The first kappa shape index (κ1) is 8.09. The van der Waals surface area contributed by atoms with Crippen LogP contribution in [0.15, 0.2) is 0 Å².